The molecule has 0 amide bonds. The molecular formula is C12H23N3. The number of hydrogen-bond acceptors (Lipinski definition) is 2. The van der Waals surface area contributed by atoms with Crippen LogP contribution in [0.3, 0.4) is 0 Å². The number of hydrogen-bond donors (Lipinski definition) is 1. The second-order valence-corrected chi connectivity index (χ2v) is 4.09. The van der Waals surface area contributed by atoms with Crippen molar-refractivity contribution < 1.29 is 0 Å². The summed E-state index contributed by atoms with van der Waals surface area (Å²) >= 11 is 0. The van der Waals surface area contributed by atoms with Gasteiger partial charge in [0.05, 0.1) is 11.4 Å². The Morgan fingerprint density at radius 2 is 2.20 bits per heavy atom. The molecule has 0 spiro atoms. The zero-order valence-electron chi connectivity index (χ0n) is 10.4. The Bertz CT molecular complexity index is 291. The highest BCUT2D eigenvalue weighted by Gasteiger charge is 2.14. The van der Waals surface area contributed by atoms with Crippen molar-refractivity contribution in [2.24, 2.45) is 7.05 Å². The maximum atomic E-state index is 4.40. The fourth-order valence-corrected chi connectivity index (χ4v) is 1.97. The summed E-state index contributed by atoms with van der Waals surface area (Å²) in [5.74, 6) is 0. The lowest BCUT2D eigenvalue weighted by Gasteiger charge is -2.17. The minimum Gasteiger partial charge on any atom is -0.309 e. The molecule has 0 aliphatic heterocycles. The van der Waals surface area contributed by atoms with E-state index in [9.17, 15) is 0 Å². The fourth-order valence-electron chi connectivity index (χ4n) is 1.97. The molecule has 0 fully saturated rings. The first-order valence-electron chi connectivity index (χ1n) is 5.93. The summed E-state index contributed by atoms with van der Waals surface area (Å²) in [7, 11) is 2.03. The van der Waals surface area contributed by atoms with Crippen LogP contribution in [-0.4, -0.2) is 16.3 Å². The molecule has 0 aliphatic rings. The number of unbranched alkanes of at least 4 members (excludes halogenated alkanes) is 1. The van der Waals surface area contributed by atoms with E-state index in [0.717, 1.165) is 12.2 Å². The minimum atomic E-state index is 0.459. The first-order chi connectivity index (χ1) is 7.19. The third kappa shape index (κ3) is 3.34. The van der Waals surface area contributed by atoms with Crippen LogP contribution in [0.2, 0.25) is 0 Å². The van der Waals surface area contributed by atoms with Crippen molar-refractivity contribution in [3.63, 3.8) is 0 Å². The number of aryl methyl sites for hydroxylation is 2. The van der Waals surface area contributed by atoms with Gasteiger partial charge in [-0.3, -0.25) is 4.68 Å². The topological polar surface area (TPSA) is 29.9 Å². The average Bonchev–Trinajstić information content (AvgIpc) is 2.52. The minimum absolute atomic E-state index is 0.459. The Hall–Kier alpha value is -0.830. The van der Waals surface area contributed by atoms with Crippen LogP contribution in [0, 0.1) is 6.92 Å². The highest BCUT2D eigenvalue weighted by atomic mass is 15.3. The average molecular weight is 209 g/mol. The van der Waals surface area contributed by atoms with Gasteiger partial charge in [-0.05, 0) is 26.0 Å². The molecule has 1 aromatic heterocycles. The van der Waals surface area contributed by atoms with Crippen LogP contribution in [0.1, 0.15) is 50.5 Å². The van der Waals surface area contributed by atoms with Crippen LogP contribution in [0.4, 0.5) is 0 Å². The molecule has 1 atom stereocenters. The second-order valence-electron chi connectivity index (χ2n) is 4.09. The third-order valence-corrected chi connectivity index (χ3v) is 2.69. The van der Waals surface area contributed by atoms with Gasteiger partial charge in [0.15, 0.2) is 0 Å². The predicted molar refractivity (Wildman–Crippen MR) is 63.9 cm³/mol. The van der Waals surface area contributed by atoms with E-state index in [4.69, 9.17) is 0 Å². The van der Waals surface area contributed by atoms with Crippen LogP contribution >= 0.6 is 0 Å². The Kier molecular flexibility index (Phi) is 4.82. The summed E-state index contributed by atoms with van der Waals surface area (Å²) in [5.41, 5.74) is 2.41. The first kappa shape index (κ1) is 12.2. The van der Waals surface area contributed by atoms with Crippen LogP contribution in [-0.2, 0) is 7.05 Å². The van der Waals surface area contributed by atoms with Crippen LogP contribution in [0.5, 0.6) is 0 Å². The van der Waals surface area contributed by atoms with E-state index in [1.54, 1.807) is 0 Å². The van der Waals surface area contributed by atoms with Crippen molar-refractivity contribution in [3.05, 3.63) is 17.5 Å². The van der Waals surface area contributed by atoms with Gasteiger partial charge in [0, 0.05) is 13.1 Å². The van der Waals surface area contributed by atoms with Crippen molar-refractivity contribution in [1.29, 1.82) is 0 Å². The van der Waals surface area contributed by atoms with Gasteiger partial charge >= 0.3 is 0 Å². The van der Waals surface area contributed by atoms with E-state index in [1.807, 2.05) is 18.7 Å². The van der Waals surface area contributed by atoms with Crippen molar-refractivity contribution in [2.45, 2.75) is 46.1 Å². The smallest absolute Gasteiger partial charge is 0.0597 e. The second kappa shape index (κ2) is 5.91. The molecule has 86 valence electrons. The summed E-state index contributed by atoms with van der Waals surface area (Å²) < 4.78 is 2.00. The van der Waals surface area contributed by atoms with E-state index in [2.05, 4.69) is 30.3 Å². The van der Waals surface area contributed by atoms with E-state index in [1.165, 1.54) is 25.0 Å². The van der Waals surface area contributed by atoms with Crippen LogP contribution in [0.25, 0.3) is 0 Å². The largest absolute Gasteiger partial charge is 0.309 e. The fraction of sp³-hybridized carbons (Fsp3) is 0.750. The summed E-state index contributed by atoms with van der Waals surface area (Å²) in [6.45, 7) is 7.45. The summed E-state index contributed by atoms with van der Waals surface area (Å²) in [5, 5.41) is 7.93. The first-order valence-corrected chi connectivity index (χ1v) is 5.93. The van der Waals surface area contributed by atoms with Gasteiger partial charge in [-0.25, -0.2) is 0 Å². The molecule has 0 radical (unpaired) electrons. The molecule has 0 saturated carbocycles. The molecule has 1 N–H and O–H groups in total. The standard InChI is InChI=1S/C12H23N3/c1-5-7-8-11(13-6-2)12-9-10(3)14-15(12)4/h9,11,13H,5-8H2,1-4H3. The number of nitrogens with one attached hydrogen (secondary N) is 1. The predicted octanol–water partition coefficient (Wildman–Crippen LogP) is 2.57. The molecule has 0 aromatic carbocycles. The Labute approximate surface area is 92.9 Å². The van der Waals surface area contributed by atoms with Crippen molar-refractivity contribution in [3.8, 4) is 0 Å². The molecule has 1 unspecified atom stereocenters. The van der Waals surface area contributed by atoms with Crippen molar-refractivity contribution in [1.82, 2.24) is 15.1 Å². The summed E-state index contributed by atoms with van der Waals surface area (Å²) in [6.07, 6.45) is 3.71. The van der Waals surface area contributed by atoms with Crippen molar-refractivity contribution in [2.75, 3.05) is 6.54 Å². The van der Waals surface area contributed by atoms with Gasteiger partial charge in [0.1, 0.15) is 0 Å². The lowest BCUT2D eigenvalue weighted by atomic mass is 10.1. The molecule has 0 bridgehead atoms. The highest BCUT2D eigenvalue weighted by Crippen LogP contribution is 2.19. The number of aromatic nitrogens is 2. The molecule has 3 heteroatoms. The summed E-state index contributed by atoms with van der Waals surface area (Å²) in [6, 6.07) is 2.64. The van der Waals surface area contributed by atoms with E-state index in [0.29, 0.717) is 6.04 Å². The maximum Gasteiger partial charge on any atom is 0.0597 e. The molecule has 1 rings (SSSR count). The highest BCUT2D eigenvalue weighted by molar-refractivity contribution is 5.12. The Morgan fingerprint density at radius 1 is 1.47 bits per heavy atom. The van der Waals surface area contributed by atoms with Gasteiger partial charge in [-0.15, -0.1) is 0 Å². The van der Waals surface area contributed by atoms with Crippen molar-refractivity contribution >= 4 is 0 Å². The molecule has 1 aromatic rings. The van der Waals surface area contributed by atoms with Gasteiger partial charge in [-0.1, -0.05) is 26.7 Å². The quantitative estimate of drug-likeness (QED) is 0.780. The van der Waals surface area contributed by atoms with Crippen LogP contribution < -0.4 is 5.32 Å². The Balaban J connectivity index is 2.73. The maximum absolute atomic E-state index is 4.40. The molecular weight excluding hydrogens is 186 g/mol. The zero-order valence-corrected chi connectivity index (χ0v) is 10.4. The number of nitrogens with zero attached hydrogens (tertiary/aromatic N) is 2. The van der Waals surface area contributed by atoms with Gasteiger partial charge in [-0.2, -0.15) is 5.10 Å². The normalized spacial score (nSPS) is 13.1. The van der Waals surface area contributed by atoms with Gasteiger partial charge in [0.2, 0.25) is 0 Å². The van der Waals surface area contributed by atoms with Gasteiger partial charge < -0.3 is 5.32 Å². The van der Waals surface area contributed by atoms with E-state index < -0.39 is 0 Å². The molecule has 0 aliphatic carbocycles. The zero-order chi connectivity index (χ0) is 11.3. The lowest BCUT2D eigenvalue weighted by Crippen LogP contribution is -2.23. The van der Waals surface area contributed by atoms with Crippen LogP contribution in [0.15, 0.2) is 6.07 Å². The van der Waals surface area contributed by atoms with Gasteiger partial charge in [0.25, 0.3) is 0 Å². The SMILES string of the molecule is CCCCC(NCC)c1cc(C)nn1C. The molecule has 3 nitrogen and oxygen atoms in total. The summed E-state index contributed by atoms with van der Waals surface area (Å²) in [4.78, 5) is 0. The molecule has 0 saturated heterocycles. The number of rotatable bonds is 6. The molecule has 1 heterocycles. The van der Waals surface area contributed by atoms with E-state index in [-0.39, 0.29) is 0 Å². The third-order valence-electron chi connectivity index (χ3n) is 2.69. The van der Waals surface area contributed by atoms with E-state index >= 15 is 0 Å². The monoisotopic (exact) mass is 209 g/mol. The molecule has 15 heavy (non-hydrogen) atoms. The lowest BCUT2D eigenvalue weighted by molar-refractivity contribution is 0.464. The Morgan fingerprint density at radius 3 is 2.67 bits per heavy atom.